The van der Waals surface area contributed by atoms with Crippen molar-refractivity contribution in [2.45, 2.75) is 6.92 Å². The third-order valence-corrected chi connectivity index (χ3v) is 5.97. The summed E-state index contributed by atoms with van der Waals surface area (Å²) in [5, 5.41) is 1.15. The van der Waals surface area contributed by atoms with E-state index in [1.807, 2.05) is 48.7 Å². The molecule has 6 rings (SSSR count). The van der Waals surface area contributed by atoms with E-state index in [1.165, 1.54) is 5.56 Å². The van der Waals surface area contributed by atoms with Gasteiger partial charge in [-0.25, -0.2) is 4.98 Å². The van der Waals surface area contributed by atoms with Crippen LogP contribution in [0.2, 0.25) is 0 Å². The molecule has 4 aromatic carbocycles. The van der Waals surface area contributed by atoms with Gasteiger partial charge in [-0.15, -0.1) is 0 Å². The molecule has 4 heteroatoms. The number of aromatic nitrogens is 3. The second-order valence-electron chi connectivity index (χ2n) is 8.20. The maximum atomic E-state index is 4.94. The summed E-state index contributed by atoms with van der Waals surface area (Å²) in [5.41, 5.74) is 9.44. The maximum Gasteiger partial charge on any atom is 0.140 e. The number of rotatable bonds is 4. The monoisotopic (exact) mass is 426 g/mol. The van der Waals surface area contributed by atoms with Crippen LogP contribution in [0.3, 0.4) is 0 Å². The van der Waals surface area contributed by atoms with E-state index in [-0.39, 0.29) is 0 Å². The Kier molecular flexibility index (Phi) is 4.62. The molecule has 0 aliphatic heterocycles. The molecule has 0 bridgehead atoms. The Balaban J connectivity index is 1.47. The zero-order chi connectivity index (χ0) is 22.2. The highest BCUT2D eigenvalue weighted by molar-refractivity contribution is 6.06. The Bertz CT molecular complexity index is 1580. The number of hydrogen-bond donors (Lipinski definition) is 2. The minimum absolute atomic E-state index is 0.821. The van der Waals surface area contributed by atoms with Gasteiger partial charge in [0, 0.05) is 28.2 Å². The second-order valence-corrected chi connectivity index (χ2v) is 8.20. The SMILES string of the molecule is Cc1ccc(-c2[nH]c3ccccc3c2C=Nc2ccccc2-c2nc3ccccc3[nH]2)cc1. The molecule has 0 radical (unpaired) electrons. The summed E-state index contributed by atoms with van der Waals surface area (Å²) in [6, 6.07) is 33.1. The van der Waals surface area contributed by atoms with Crippen LogP contribution < -0.4 is 0 Å². The molecule has 0 amide bonds. The number of benzene rings is 4. The first-order chi connectivity index (χ1) is 16.3. The molecule has 4 nitrogen and oxygen atoms in total. The lowest BCUT2D eigenvalue weighted by Crippen LogP contribution is -1.87. The fourth-order valence-electron chi connectivity index (χ4n) is 4.25. The lowest BCUT2D eigenvalue weighted by molar-refractivity contribution is 1.33. The van der Waals surface area contributed by atoms with Crippen molar-refractivity contribution in [3.8, 4) is 22.6 Å². The molecular weight excluding hydrogens is 404 g/mol. The number of aliphatic imine (C=N–C) groups is 1. The zero-order valence-corrected chi connectivity index (χ0v) is 18.2. The molecule has 2 N–H and O–H groups in total. The van der Waals surface area contributed by atoms with Crippen LogP contribution in [0.15, 0.2) is 102 Å². The van der Waals surface area contributed by atoms with Gasteiger partial charge in [-0.2, -0.15) is 0 Å². The quantitative estimate of drug-likeness (QED) is 0.283. The maximum absolute atomic E-state index is 4.94. The van der Waals surface area contributed by atoms with E-state index in [9.17, 15) is 0 Å². The van der Waals surface area contributed by atoms with Crippen LogP contribution in [0.25, 0.3) is 44.6 Å². The highest BCUT2D eigenvalue weighted by Crippen LogP contribution is 2.32. The largest absolute Gasteiger partial charge is 0.354 e. The molecule has 0 saturated carbocycles. The summed E-state index contributed by atoms with van der Waals surface area (Å²) in [6.45, 7) is 2.10. The van der Waals surface area contributed by atoms with Crippen LogP contribution in [0.5, 0.6) is 0 Å². The van der Waals surface area contributed by atoms with E-state index in [0.717, 1.165) is 55.8 Å². The van der Waals surface area contributed by atoms with Gasteiger partial charge >= 0.3 is 0 Å². The number of fused-ring (bicyclic) bond motifs is 2. The summed E-state index contributed by atoms with van der Waals surface area (Å²) in [6.07, 6.45) is 1.97. The molecule has 0 saturated heterocycles. The third kappa shape index (κ3) is 3.52. The summed E-state index contributed by atoms with van der Waals surface area (Å²) >= 11 is 0. The van der Waals surface area contributed by atoms with Gasteiger partial charge in [0.05, 0.1) is 22.4 Å². The zero-order valence-electron chi connectivity index (χ0n) is 18.2. The molecule has 6 aromatic rings. The summed E-state index contributed by atoms with van der Waals surface area (Å²) in [4.78, 5) is 16.7. The van der Waals surface area contributed by atoms with E-state index in [0.29, 0.717) is 0 Å². The van der Waals surface area contributed by atoms with Crippen molar-refractivity contribution in [1.82, 2.24) is 15.0 Å². The van der Waals surface area contributed by atoms with Gasteiger partial charge in [0.2, 0.25) is 0 Å². The number of aromatic amines is 2. The Morgan fingerprint density at radius 3 is 2.30 bits per heavy atom. The van der Waals surface area contributed by atoms with Crippen molar-refractivity contribution in [1.29, 1.82) is 0 Å². The first-order valence-corrected chi connectivity index (χ1v) is 11.0. The molecule has 0 aliphatic rings. The molecule has 0 fully saturated rings. The highest BCUT2D eigenvalue weighted by Gasteiger charge is 2.13. The predicted octanol–water partition coefficient (Wildman–Crippen LogP) is 7.44. The number of imidazole rings is 1. The Hall–Kier alpha value is -4.44. The van der Waals surface area contributed by atoms with Gasteiger partial charge < -0.3 is 9.97 Å². The first-order valence-electron chi connectivity index (χ1n) is 11.0. The Labute approximate surface area is 191 Å². The Morgan fingerprint density at radius 2 is 1.45 bits per heavy atom. The van der Waals surface area contributed by atoms with Crippen molar-refractivity contribution in [3.63, 3.8) is 0 Å². The number of para-hydroxylation sites is 4. The van der Waals surface area contributed by atoms with Gasteiger partial charge in [0.1, 0.15) is 5.82 Å². The number of H-pyrrole nitrogens is 2. The van der Waals surface area contributed by atoms with Crippen molar-refractivity contribution in [2.24, 2.45) is 4.99 Å². The summed E-state index contributed by atoms with van der Waals surface area (Å²) in [5.74, 6) is 0.821. The molecule has 2 aromatic heterocycles. The van der Waals surface area contributed by atoms with Crippen LogP contribution >= 0.6 is 0 Å². The number of hydrogen-bond acceptors (Lipinski definition) is 2. The van der Waals surface area contributed by atoms with E-state index >= 15 is 0 Å². The summed E-state index contributed by atoms with van der Waals surface area (Å²) in [7, 11) is 0. The number of nitrogens with one attached hydrogen (secondary N) is 2. The van der Waals surface area contributed by atoms with E-state index in [1.54, 1.807) is 0 Å². The fourth-order valence-corrected chi connectivity index (χ4v) is 4.25. The van der Waals surface area contributed by atoms with Gasteiger partial charge in [0.15, 0.2) is 0 Å². The first kappa shape index (κ1) is 19.3. The van der Waals surface area contributed by atoms with Crippen LogP contribution in [0, 0.1) is 6.92 Å². The van der Waals surface area contributed by atoms with Crippen LogP contribution in [0.4, 0.5) is 5.69 Å². The Morgan fingerprint density at radius 1 is 0.727 bits per heavy atom. The van der Waals surface area contributed by atoms with Crippen molar-refractivity contribution >= 4 is 33.8 Å². The average molecular weight is 427 g/mol. The van der Waals surface area contributed by atoms with Crippen LogP contribution in [-0.2, 0) is 0 Å². The number of nitrogens with zero attached hydrogens (tertiary/aromatic N) is 2. The minimum Gasteiger partial charge on any atom is -0.354 e. The third-order valence-electron chi connectivity index (χ3n) is 5.97. The second kappa shape index (κ2) is 7.92. The predicted molar refractivity (Wildman–Crippen MR) is 137 cm³/mol. The molecular formula is C29H22N4. The molecule has 0 unspecified atom stereocenters. The highest BCUT2D eigenvalue weighted by atomic mass is 14.9. The lowest BCUT2D eigenvalue weighted by atomic mass is 10.0. The van der Waals surface area contributed by atoms with Crippen molar-refractivity contribution in [2.75, 3.05) is 0 Å². The van der Waals surface area contributed by atoms with Gasteiger partial charge in [-0.1, -0.05) is 72.3 Å². The molecule has 0 aliphatic carbocycles. The van der Waals surface area contributed by atoms with Gasteiger partial charge in [0.25, 0.3) is 0 Å². The number of aryl methyl sites for hydroxylation is 1. The fraction of sp³-hybridized carbons (Fsp3) is 0.0345. The molecule has 2 heterocycles. The summed E-state index contributed by atoms with van der Waals surface area (Å²) < 4.78 is 0. The van der Waals surface area contributed by atoms with Crippen LogP contribution in [0.1, 0.15) is 11.1 Å². The minimum atomic E-state index is 0.821. The van der Waals surface area contributed by atoms with E-state index in [4.69, 9.17) is 9.98 Å². The van der Waals surface area contributed by atoms with E-state index < -0.39 is 0 Å². The van der Waals surface area contributed by atoms with Crippen molar-refractivity contribution in [3.05, 3.63) is 108 Å². The average Bonchev–Trinajstić information content (AvgIpc) is 3.45. The molecule has 33 heavy (non-hydrogen) atoms. The van der Waals surface area contributed by atoms with Crippen LogP contribution in [-0.4, -0.2) is 21.2 Å². The van der Waals surface area contributed by atoms with Crippen molar-refractivity contribution < 1.29 is 0 Å². The standard InChI is InChI=1S/C29H22N4/c1-19-14-16-20(17-15-19)28-23(21-8-2-5-11-25(21)31-28)18-30-24-10-4-3-9-22(24)29-32-26-12-6-7-13-27(26)33-29/h2-18,31H,1H3,(H,32,33). The van der Waals surface area contributed by atoms with E-state index in [2.05, 4.69) is 71.5 Å². The molecule has 158 valence electrons. The lowest BCUT2D eigenvalue weighted by Gasteiger charge is -2.04. The molecule has 0 spiro atoms. The molecule has 0 atom stereocenters. The topological polar surface area (TPSA) is 56.8 Å². The van der Waals surface area contributed by atoms with Gasteiger partial charge in [-0.3, -0.25) is 4.99 Å². The smallest absolute Gasteiger partial charge is 0.140 e. The normalized spacial score (nSPS) is 11.7. The van der Waals surface area contributed by atoms with Gasteiger partial charge in [-0.05, 0) is 42.8 Å².